The fourth-order valence-corrected chi connectivity index (χ4v) is 2.10. The van der Waals surface area contributed by atoms with E-state index in [1.807, 2.05) is 0 Å². The molecule has 5 nitrogen and oxygen atoms in total. The van der Waals surface area contributed by atoms with Gasteiger partial charge in [0.1, 0.15) is 11.5 Å². The highest BCUT2D eigenvalue weighted by molar-refractivity contribution is 9.10. The highest BCUT2D eigenvalue weighted by Gasteiger charge is 2.17. The van der Waals surface area contributed by atoms with E-state index in [1.165, 1.54) is 18.2 Å². The molecule has 0 atom stereocenters. The van der Waals surface area contributed by atoms with E-state index in [4.69, 9.17) is 11.6 Å². The summed E-state index contributed by atoms with van der Waals surface area (Å²) in [6.45, 7) is 0. The van der Waals surface area contributed by atoms with Crippen LogP contribution in [0.1, 0.15) is 10.4 Å². The molecular formula is C13H7BrClFN2O3. The quantitative estimate of drug-likeness (QED) is 0.640. The van der Waals surface area contributed by atoms with Crippen LogP contribution in [-0.4, -0.2) is 10.8 Å². The number of nitro benzene ring substituents is 1. The van der Waals surface area contributed by atoms with Crippen molar-refractivity contribution < 1.29 is 14.1 Å². The molecule has 0 heterocycles. The van der Waals surface area contributed by atoms with E-state index in [0.29, 0.717) is 9.50 Å². The highest BCUT2D eigenvalue weighted by atomic mass is 79.9. The molecule has 0 saturated carbocycles. The Balaban J connectivity index is 2.33. The van der Waals surface area contributed by atoms with Crippen molar-refractivity contribution in [2.24, 2.45) is 0 Å². The molecule has 0 aromatic heterocycles. The monoisotopic (exact) mass is 372 g/mol. The number of halogens is 3. The van der Waals surface area contributed by atoms with Gasteiger partial charge in [0.05, 0.1) is 9.95 Å². The van der Waals surface area contributed by atoms with Gasteiger partial charge in [0.25, 0.3) is 11.6 Å². The van der Waals surface area contributed by atoms with Crippen LogP contribution >= 0.6 is 27.5 Å². The molecule has 0 aliphatic heterocycles. The summed E-state index contributed by atoms with van der Waals surface area (Å²) in [5, 5.41) is 13.6. The number of hydrogen-bond donors (Lipinski definition) is 1. The largest absolute Gasteiger partial charge is 0.316 e. The van der Waals surface area contributed by atoms with Crippen molar-refractivity contribution >= 4 is 44.8 Å². The van der Waals surface area contributed by atoms with Gasteiger partial charge in [-0.3, -0.25) is 14.9 Å². The summed E-state index contributed by atoms with van der Waals surface area (Å²) in [7, 11) is 0. The first kappa shape index (κ1) is 15.4. The van der Waals surface area contributed by atoms with Crippen LogP contribution in [0.5, 0.6) is 0 Å². The standard InChI is InChI=1S/C13H7BrClFN2O3/c14-9-5-7(1-3-10(9)15)13(19)17-11-6-8(16)2-4-12(11)18(20)21/h1-6H,(H,17,19). The molecule has 0 radical (unpaired) electrons. The van der Waals surface area contributed by atoms with Crippen LogP contribution in [0.4, 0.5) is 15.8 Å². The normalized spacial score (nSPS) is 10.2. The summed E-state index contributed by atoms with van der Waals surface area (Å²) in [6.07, 6.45) is 0. The number of amides is 1. The van der Waals surface area contributed by atoms with Gasteiger partial charge in [-0.15, -0.1) is 0 Å². The number of carbonyl (C=O) groups is 1. The Morgan fingerprint density at radius 3 is 2.62 bits per heavy atom. The number of rotatable bonds is 3. The first-order valence-corrected chi connectivity index (χ1v) is 6.76. The van der Waals surface area contributed by atoms with Crippen molar-refractivity contribution in [3.63, 3.8) is 0 Å². The van der Waals surface area contributed by atoms with E-state index >= 15 is 0 Å². The number of anilines is 1. The summed E-state index contributed by atoms with van der Waals surface area (Å²) in [5.41, 5.74) is -0.376. The zero-order valence-corrected chi connectivity index (χ0v) is 12.6. The fraction of sp³-hybridized carbons (Fsp3) is 0. The molecule has 0 aliphatic carbocycles. The molecule has 2 rings (SSSR count). The predicted octanol–water partition coefficient (Wildman–Crippen LogP) is 4.40. The first-order chi connectivity index (χ1) is 9.88. The molecule has 0 unspecified atom stereocenters. The lowest BCUT2D eigenvalue weighted by atomic mass is 10.2. The van der Waals surface area contributed by atoms with Gasteiger partial charge in [0.2, 0.25) is 0 Å². The van der Waals surface area contributed by atoms with Gasteiger partial charge in [-0.25, -0.2) is 4.39 Å². The molecule has 2 aromatic rings. The Morgan fingerprint density at radius 2 is 2.00 bits per heavy atom. The summed E-state index contributed by atoms with van der Waals surface area (Å²) >= 11 is 8.98. The molecule has 0 bridgehead atoms. The van der Waals surface area contributed by atoms with Gasteiger partial charge in [0, 0.05) is 22.2 Å². The number of nitrogens with zero attached hydrogens (tertiary/aromatic N) is 1. The molecule has 0 fully saturated rings. The van der Waals surface area contributed by atoms with Crippen molar-refractivity contribution in [1.29, 1.82) is 0 Å². The minimum Gasteiger partial charge on any atom is -0.316 e. The third-order valence-electron chi connectivity index (χ3n) is 2.59. The Morgan fingerprint density at radius 1 is 1.29 bits per heavy atom. The summed E-state index contributed by atoms with van der Waals surface area (Å²) in [6, 6.07) is 7.24. The number of carbonyl (C=O) groups excluding carboxylic acids is 1. The van der Waals surface area contributed by atoms with Crippen molar-refractivity contribution in [2.75, 3.05) is 5.32 Å². The van der Waals surface area contributed by atoms with Gasteiger partial charge in [0.15, 0.2) is 0 Å². The highest BCUT2D eigenvalue weighted by Crippen LogP contribution is 2.27. The van der Waals surface area contributed by atoms with E-state index in [0.717, 1.165) is 18.2 Å². The van der Waals surface area contributed by atoms with Crippen LogP contribution in [0.3, 0.4) is 0 Å². The van der Waals surface area contributed by atoms with Gasteiger partial charge >= 0.3 is 0 Å². The minimum absolute atomic E-state index is 0.212. The Kier molecular flexibility index (Phi) is 4.54. The lowest BCUT2D eigenvalue weighted by Gasteiger charge is -2.07. The van der Waals surface area contributed by atoms with Crippen LogP contribution in [0.25, 0.3) is 0 Å². The average molecular weight is 374 g/mol. The van der Waals surface area contributed by atoms with Gasteiger partial charge in [-0.05, 0) is 40.2 Å². The topological polar surface area (TPSA) is 72.2 Å². The Hall–Kier alpha value is -1.99. The lowest BCUT2D eigenvalue weighted by molar-refractivity contribution is -0.384. The maximum Gasteiger partial charge on any atom is 0.292 e. The lowest BCUT2D eigenvalue weighted by Crippen LogP contribution is -2.13. The third-order valence-corrected chi connectivity index (χ3v) is 3.80. The van der Waals surface area contributed by atoms with E-state index < -0.39 is 22.3 Å². The van der Waals surface area contributed by atoms with Crippen molar-refractivity contribution in [3.05, 3.63) is 67.4 Å². The van der Waals surface area contributed by atoms with Crippen LogP contribution in [0.15, 0.2) is 40.9 Å². The fourth-order valence-electron chi connectivity index (χ4n) is 1.60. The Bertz CT molecular complexity index is 739. The second kappa shape index (κ2) is 6.19. The molecule has 0 aliphatic rings. The first-order valence-electron chi connectivity index (χ1n) is 5.59. The SMILES string of the molecule is O=C(Nc1cc(F)ccc1[N+](=O)[O-])c1ccc(Cl)c(Br)c1. The summed E-state index contributed by atoms with van der Waals surface area (Å²) < 4.78 is 13.7. The molecule has 2 aromatic carbocycles. The molecule has 1 N–H and O–H groups in total. The molecule has 108 valence electrons. The molecule has 1 amide bonds. The van der Waals surface area contributed by atoms with Gasteiger partial charge in [-0.2, -0.15) is 0 Å². The van der Waals surface area contributed by atoms with Crippen LogP contribution in [0, 0.1) is 15.9 Å². The zero-order valence-electron chi connectivity index (χ0n) is 10.3. The number of nitrogens with one attached hydrogen (secondary N) is 1. The van der Waals surface area contributed by atoms with Gasteiger partial charge < -0.3 is 5.32 Å². The average Bonchev–Trinajstić information content (AvgIpc) is 2.41. The van der Waals surface area contributed by atoms with Crippen LogP contribution in [-0.2, 0) is 0 Å². The van der Waals surface area contributed by atoms with E-state index in [-0.39, 0.29) is 11.3 Å². The minimum atomic E-state index is -0.702. The zero-order chi connectivity index (χ0) is 15.6. The van der Waals surface area contributed by atoms with Crippen LogP contribution < -0.4 is 5.32 Å². The second-order valence-electron chi connectivity index (χ2n) is 4.00. The predicted molar refractivity (Wildman–Crippen MR) is 80.2 cm³/mol. The van der Waals surface area contributed by atoms with Crippen molar-refractivity contribution in [2.45, 2.75) is 0 Å². The smallest absolute Gasteiger partial charge is 0.292 e. The third kappa shape index (κ3) is 3.56. The molecule has 8 heteroatoms. The van der Waals surface area contributed by atoms with E-state index in [1.54, 1.807) is 0 Å². The van der Waals surface area contributed by atoms with Gasteiger partial charge in [-0.1, -0.05) is 11.6 Å². The second-order valence-corrected chi connectivity index (χ2v) is 5.26. The summed E-state index contributed by atoms with van der Waals surface area (Å²) in [4.78, 5) is 22.2. The van der Waals surface area contributed by atoms with E-state index in [9.17, 15) is 19.3 Å². The molecular weight excluding hydrogens is 367 g/mol. The number of hydrogen-bond acceptors (Lipinski definition) is 3. The number of nitro groups is 1. The molecule has 21 heavy (non-hydrogen) atoms. The van der Waals surface area contributed by atoms with Crippen molar-refractivity contribution in [3.8, 4) is 0 Å². The van der Waals surface area contributed by atoms with Crippen LogP contribution in [0.2, 0.25) is 5.02 Å². The maximum atomic E-state index is 13.2. The Labute approximate surface area is 132 Å². The number of benzene rings is 2. The molecule has 0 spiro atoms. The maximum absolute atomic E-state index is 13.2. The van der Waals surface area contributed by atoms with E-state index in [2.05, 4.69) is 21.2 Å². The molecule has 0 saturated heterocycles. The van der Waals surface area contributed by atoms with Crippen molar-refractivity contribution in [1.82, 2.24) is 0 Å². The summed E-state index contributed by atoms with van der Waals surface area (Å²) in [5.74, 6) is -1.30.